The highest BCUT2D eigenvalue weighted by Gasteiger charge is 2.07. The molecule has 116 valence electrons. The number of aryl methyl sites for hydroxylation is 1. The summed E-state index contributed by atoms with van der Waals surface area (Å²) in [5.41, 5.74) is 2.42. The van der Waals surface area contributed by atoms with Crippen LogP contribution in [0.2, 0.25) is 0 Å². The molecule has 0 saturated heterocycles. The summed E-state index contributed by atoms with van der Waals surface area (Å²) in [4.78, 5) is 15.3. The number of ether oxygens (including phenoxy) is 3. The van der Waals surface area contributed by atoms with E-state index >= 15 is 0 Å². The maximum atomic E-state index is 11.2. The Balaban J connectivity index is 2.05. The van der Waals surface area contributed by atoms with Gasteiger partial charge in [0.2, 0.25) is 5.88 Å². The van der Waals surface area contributed by atoms with Gasteiger partial charge in [-0.15, -0.1) is 0 Å². The normalized spacial score (nSPS) is 9.95. The van der Waals surface area contributed by atoms with Crippen LogP contribution in [0.5, 0.6) is 11.6 Å². The lowest BCUT2D eigenvalue weighted by molar-refractivity contribution is 0.187. The van der Waals surface area contributed by atoms with Crippen molar-refractivity contribution in [2.45, 2.75) is 13.5 Å². The summed E-state index contributed by atoms with van der Waals surface area (Å²) < 4.78 is 15.5. The van der Waals surface area contributed by atoms with Crippen molar-refractivity contribution in [1.82, 2.24) is 4.98 Å². The number of methoxy groups -OCH3 is 2. The first-order valence-corrected chi connectivity index (χ1v) is 6.70. The molecular weight excluding hydrogens is 284 g/mol. The van der Waals surface area contributed by atoms with Crippen LogP contribution in [0.3, 0.4) is 0 Å². The fourth-order valence-electron chi connectivity index (χ4n) is 1.91. The van der Waals surface area contributed by atoms with Crippen LogP contribution in [-0.4, -0.2) is 25.3 Å². The zero-order valence-electron chi connectivity index (χ0n) is 12.8. The minimum absolute atomic E-state index is 0.347. The van der Waals surface area contributed by atoms with Crippen molar-refractivity contribution in [3.05, 3.63) is 47.7 Å². The van der Waals surface area contributed by atoms with Crippen molar-refractivity contribution in [3.8, 4) is 11.6 Å². The zero-order chi connectivity index (χ0) is 15.9. The summed E-state index contributed by atoms with van der Waals surface area (Å²) in [6.45, 7) is 2.23. The third kappa shape index (κ3) is 3.88. The number of rotatable bonds is 5. The number of pyridine rings is 1. The van der Waals surface area contributed by atoms with Crippen LogP contribution in [-0.2, 0) is 11.3 Å². The van der Waals surface area contributed by atoms with Crippen molar-refractivity contribution in [2.24, 2.45) is 0 Å². The van der Waals surface area contributed by atoms with E-state index in [1.807, 2.05) is 25.1 Å². The molecule has 0 saturated carbocycles. The number of nitrogens with one attached hydrogen (secondary N) is 1. The summed E-state index contributed by atoms with van der Waals surface area (Å²) >= 11 is 0. The van der Waals surface area contributed by atoms with Crippen LogP contribution >= 0.6 is 0 Å². The highest BCUT2D eigenvalue weighted by Crippen LogP contribution is 2.23. The Kier molecular flexibility index (Phi) is 5.19. The summed E-state index contributed by atoms with van der Waals surface area (Å²) in [5, 5.41) is 2.63. The molecule has 0 aliphatic carbocycles. The first-order chi connectivity index (χ1) is 10.6. The second-order valence-corrected chi connectivity index (χ2v) is 4.55. The Hall–Kier alpha value is -2.76. The number of carbonyl (C=O) groups excluding carboxylic acids is 1. The Morgan fingerprint density at radius 1 is 1.27 bits per heavy atom. The van der Waals surface area contributed by atoms with Crippen LogP contribution in [0, 0.1) is 6.92 Å². The fourth-order valence-corrected chi connectivity index (χ4v) is 1.91. The molecule has 1 aromatic heterocycles. The third-order valence-electron chi connectivity index (χ3n) is 3.06. The Morgan fingerprint density at radius 2 is 2.09 bits per heavy atom. The molecule has 1 heterocycles. The Labute approximate surface area is 129 Å². The van der Waals surface area contributed by atoms with Crippen LogP contribution in [0.4, 0.5) is 10.5 Å². The molecule has 6 nitrogen and oxygen atoms in total. The van der Waals surface area contributed by atoms with Gasteiger partial charge in [0.15, 0.2) is 0 Å². The molecule has 6 heteroatoms. The molecule has 0 bridgehead atoms. The molecule has 1 amide bonds. The topological polar surface area (TPSA) is 69.7 Å². The number of amides is 1. The van der Waals surface area contributed by atoms with Gasteiger partial charge in [-0.2, -0.15) is 0 Å². The number of hydrogen-bond acceptors (Lipinski definition) is 5. The van der Waals surface area contributed by atoms with E-state index in [0.29, 0.717) is 23.9 Å². The maximum absolute atomic E-state index is 11.2. The number of carbonyl (C=O) groups is 1. The van der Waals surface area contributed by atoms with E-state index in [2.05, 4.69) is 15.0 Å². The van der Waals surface area contributed by atoms with Crippen LogP contribution in [0.25, 0.3) is 0 Å². The summed E-state index contributed by atoms with van der Waals surface area (Å²) in [6.07, 6.45) is 1.16. The standard InChI is InChI=1S/C16H18N2O4/c1-11-9-13(6-7-14(11)18-16(19)21-3)22-10-12-5-4-8-17-15(12)20-2/h4-9H,10H2,1-3H3,(H,18,19). The monoisotopic (exact) mass is 302 g/mol. The average Bonchev–Trinajstić information content (AvgIpc) is 2.55. The van der Waals surface area contributed by atoms with E-state index in [9.17, 15) is 4.79 Å². The van der Waals surface area contributed by atoms with Gasteiger partial charge in [-0.1, -0.05) is 0 Å². The summed E-state index contributed by atoms with van der Waals surface area (Å²) in [6, 6.07) is 9.11. The lowest BCUT2D eigenvalue weighted by atomic mass is 10.2. The van der Waals surface area contributed by atoms with Gasteiger partial charge in [0.1, 0.15) is 12.4 Å². The number of benzene rings is 1. The van der Waals surface area contributed by atoms with Crippen molar-refractivity contribution in [1.29, 1.82) is 0 Å². The smallest absolute Gasteiger partial charge is 0.411 e. The van der Waals surface area contributed by atoms with Gasteiger partial charge >= 0.3 is 6.09 Å². The van der Waals surface area contributed by atoms with E-state index in [1.54, 1.807) is 25.4 Å². The Bertz CT molecular complexity index is 658. The number of aromatic nitrogens is 1. The van der Waals surface area contributed by atoms with Gasteiger partial charge in [0.25, 0.3) is 0 Å². The van der Waals surface area contributed by atoms with E-state index in [1.165, 1.54) is 7.11 Å². The van der Waals surface area contributed by atoms with Gasteiger partial charge in [0, 0.05) is 11.9 Å². The molecule has 1 aromatic carbocycles. The second kappa shape index (κ2) is 7.31. The summed E-state index contributed by atoms with van der Waals surface area (Å²) in [7, 11) is 2.90. The van der Waals surface area contributed by atoms with Crippen molar-refractivity contribution in [3.63, 3.8) is 0 Å². The van der Waals surface area contributed by atoms with Gasteiger partial charge in [-0.05, 0) is 42.8 Å². The largest absolute Gasteiger partial charge is 0.489 e. The van der Waals surface area contributed by atoms with Gasteiger partial charge in [-0.3, -0.25) is 5.32 Å². The molecule has 0 aliphatic heterocycles. The SMILES string of the molecule is COC(=O)Nc1ccc(OCc2cccnc2OC)cc1C. The molecule has 0 spiro atoms. The molecule has 0 fully saturated rings. The second-order valence-electron chi connectivity index (χ2n) is 4.55. The average molecular weight is 302 g/mol. The molecule has 0 atom stereocenters. The highest BCUT2D eigenvalue weighted by atomic mass is 16.5. The molecule has 1 N–H and O–H groups in total. The molecule has 0 unspecified atom stereocenters. The van der Waals surface area contributed by atoms with Crippen molar-refractivity contribution < 1.29 is 19.0 Å². The molecule has 0 aliphatic rings. The number of anilines is 1. The molecule has 22 heavy (non-hydrogen) atoms. The Morgan fingerprint density at radius 3 is 2.77 bits per heavy atom. The predicted molar refractivity (Wildman–Crippen MR) is 82.3 cm³/mol. The molecule has 0 radical (unpaired) electrons. The maximum Gasteiger partial charge on any atom is 0.411 e. The van der Waals surface area contributed by atoms with Crippen LogP contribution < -0.4 is 14.8 Å². The number of nitrogens with zero attached hydrogens (tertiary/aromatic N) is 1. The summed E-state index contributed by atoms with van der Waals surface area (Å²) in [5.74, 6) is 1.24. The van der Waals surface area contributed by atoms with Crippen LogP contribution in [0.15, 0.2) is 36.5 Å². The third-order valence-corrected chi connectivity index (χ3v) is 3.06. The van der Waals surface area contributed by atoms with E-state index < -0.39 is 6.09 Å². The minimum Gasteiger partial charge on any atom is -0.489 e. The van der Waals surface area contributed by atoms with E-state index in [4.69, 9.17) is 9.47 Å². The lowest BCUT2D eigenvalue weighted by Gasteiger charge is -2.12. The first-order valence-electron chi connectivity index (χ1n) is 6.70. The van der Waals surface area contributed by atoms with Crippen LogP contribution in [0.1, 0.15) is 11.1 Å². The zero-order valence-corrected chi connectivity index (χ0v) is 12.8. The molecule has 2 aromatic rings. The van der Waals surface area contributed by atoms with Gasteiger partial charge in [-0.25, -0.2) is 9.78 Å². The quantitative estimate of drug-likeness (QED) is 0.918. The van der Waals surface area contributed by atoms with Crippen molar-refractivity contribution in [2.75, 3.05) is 19.5 Å². The van der Waals surface area contributed by atoms with Gasteiger partial charge in [0.05, 0.1) is 19.8 Å². The highest BCUT2D eigenvalue weighted by molar-refractivity contribution is 5.85. The van der Waals surface area contributed by atoms with Crippen molar-refractivity contribution >= 4 is 11.8 Å². The van der Waals surface area contributed by atoms with Gasteiger partial charge < -0.3 is 14.2 Å². The fraction of sp³-hybridized carbons (Fsp3) is 0.250. The first kappa shape index (κ1) is 15.6. The molecule has 2 rings (SSSR count). The lowest BCUT2D eigenvalue weighted by Crippen LogP contribution is -2.11. The van der Waals surface area contributed by atoms with E-state index in [0.717, 1.165) is 11.1 Å². The predicted octanol–water partition coefficient (Wildman–Crippen LogP) is 3.16. The van der Waals surface area contributed by atoms with E-state index in [-0.39, 0.29) is 0 Å². The molecular formula is C16H18N2O4. The minimum atomic E-state index is -0.503. The number of hydrogen-bond donors (Lipinski definition) is 1.